The van der Waals surface area contributed by atoms with E-state index < -0.39 is 5.97 Å². The van der Waals surface area contributed by atoms with Crippen LogP contribution in [-0.2, 0) is 9.59 Å². The molecule has 1 aromatic carbocycles. The van der Waals surface area contributed by atoms with Gasteiger partial charge in [0.15, 0.2) is 0 Å². The quantitative estimate of drug-likeness (QED) is 0.434. The normalized spacial score (nSPS) is 15.8. The molecule has 5 nitrogen and oxygen atoms in total. The van der Waals surface area contributed by atoms with Gasteiger partial charge in [0.2, 0.25) is 0 Å². The Balaban J connectivity index is 2.13. The van der Waals surface area contributed by atoms with Gasteiger partial charge in [-0.15, -0.1) is 0 Å². The minimum atomic E-state index is -0.885. The smallest absolute Gasteiger partial charge is 0.303 e. The number of carboxylic acid groups (broad SMARTS) is 1. The maximum atomic E-state index is 12.5. The van der Waals surface area contributed by atoms with Crippen LogP contribution in [0.4, 0.5) is 0 Å². The third-order valence-corrected chi connectivity index (χ3v) is 4.59. The number of nitrogens with zero attached hydrogens (tertiary/aromatic N) is 1. The molecule has 1 fully saturated rings. The van der Waals surface area contributed by atoms with Gasteiger partial charge in [-0.2, -0.15) is 0 Å². The highest BCUT2D eigenvalue weighted by atomic mass is 32.2. The van der Waals surface area contributed by atoms with Gasteiger partial charge in [0, 0.05) is 18.5 Å². The topological polar surface area (TPSA) is 66.8 Å². The SMILES string of the molecule is C=CCOc1ccccc1/C=C1/SC(=S)N(CCCC(=O)O)C1=O. The molecule has 0 bridgehead atoms. The number of carbonyl (C=O) groups excluding carboxylic acids is 1. The Bertz CT molecular complexity index is 700. The molecule has 7 heteroatoms. The van der Waals surface area contributed by atoms with Crippen molar-refractivity contribution in [3.63, 3.8) is 0 Å². The fraction of sp³-hybridized carbons (Fsp3) is 0.235. The molecule has 0 atom stereocenters. The Morgan fingerprint density at radius 2 is 2.17 bits per heavy atom. The Morgan fingerprint density at radius 1 is 1.42 bits per heavy atom. The van der Waals surface area contributed by atoms with Crippen molar-refractivity contribution in [1.29, 1.82) is 0 Å². The maximum Gasteiger partial charge on any atom is 0.303 e. The summed E-state index contributed by atoms with van der Waals surface area (Å²) in [4.78, 5) is 25.0. The largest absolute Gasteiger partial charge is 0.489 e. The van der Waals surface area contributed by atoms with E-state index in [2.05, 4.69) is 6.58 Å². The number of carboxylic acids is 1. The molecule has 0 unspecified atom stereocenters. The van der Waals surface area contributed by atoms with Crippen molar-refractivity contribution in [2.75, 3.05) is 13.2 Å². The molecule has 1 saturated heterocycles. The van der Waals surface area contributed by atoms with E-state index in [4.69, 9.17) is 22.1 Å². The molecule has 0 saturated carbocycles. The molecule has 0 aliphatic carbocycles. The number of benzene rings is 1. The van der Waals surface area contributed by atoms with Crippen LogP contribution in [0.5, 0.6) is 5.75 Å². The predicted molar refractivity (Wildman–Crippen MR) is 98.9 cm³/mol. The van der Waals surface area contributed by atoms with Gasteiger partial charge in [0.05, 0.1) is 4.91 Å². The van der Waals surface area contributed by atoms with Gasteiger partial charge in [-0.3, -0.25) is 14.5 Å². The molecular weight excluding hydrogens is 346 g/mol. The molecular formula is C17H17NO4S2. The second kappa shape index (κ2) is 8.65. The zero-order valence-electron chi connectivity index (χ0n) is 12.9. The fourth-order valence-electron chi connectivity index (χ4n) is 2.10. The van der Waals surface area contributed by atoms with Gasteiger partial charge in [-0.25, -0.2) is 0 Å². The van der Waals surface area contributed by atoms with Crippen LogP contribution in [0.25, 0.3) is 6.08 Å². The first kappa shape index (κ1) is 18.2. The third kappa shape index (κ3) is 4.69. The fourth-order valence-corrected chi connectivity index (χ4v) is 3.40. The number of carbonyl (C=O) groups is 2. The van der Waals surface area contributed by atoms with Crippen LogP contribution in [0.3, 0.4) is 0 Å². The van der Waals surface area contributed by atoms with E-state index >= 15 is 0 Å². The van der Waals surface area contributed by atoms with Gasteiger partial charge in [-0.1, -0.05) is 54.8 Å². The van der Waals surface area contributed by atoms with Crippen LogP contribution in [0.1, 0.15) is 18.4 Å². The number of hydrogen-bond acceptors (Lipinski definition) is 5. The number of aliphatic carboxylic acids is 1. The lowest BCUT2D eigenvalue weighted by atomic mass is 10.2. The van der Waals surface area contributed by atoms with Crippen LogP contribution >= 0.6 is 24.0 Å². The summed E-state index contributed by atoms with van der Waals surface area (Å²) in [5.41, 5.74) is 0.783. The Labute approximate surface area is 150 Å². The van der Waals surface area contributed by atoms with E-state index in [9.17, 15) is 9.59 Å². The van der Waals surface area contributed by atoms with Crippen LogP contribution in [0, 0.1) is 0 Å². The maximum absolute atomic E-state index is 12.5. The molecule has 1 aliphatic rings. The van der Waals surface area contributed by atoms with E-state index in [0.717, 1.165) is 5.56 Å². The first-order valence-electron chi connectivity index (χ1n) is 7.33. The van der Waals surface area contributed by atoms with Crippen molar-refractivity contribution in [2.24, 2.45) is 0 Å². The van der Waals surface area contributed by atoms with Gasteiger partial charge in [-0.05, 0) is 18.6 Å². The lowest BCUT2D eigenvalue weighted by molar-refractivity contribution is -0.137. The molecule has 0 radical (unpaired) electrons. The molecule has 1 heterocycles. The second-order valence-corrected chi connectivity index (χ2v) is 6.64. The Kier molecular flexibility index (Phi) is 6.57. The van der Waals surface area contributed by atoms with Gasteiger partial charge in [0.25, 0.3) is 5.91 Å². The minimum Gasteiger partial charge on any atom is -0.489 e. The summed E-state index contributed by atoms with van der Waals surface area (Å²) >= 11 is 6.44. The minimum absolute atomic E-state index is 0.00827. The van der Waals surface area contributed by atoms with E-state index in [1.54, 1.807) is 12.2 Å². The summed E-state index contributed by atoms with van der Waals surface area (Å²) in [6.07, 6.45) is 3.77. The second-order valence-electron chi connectivity index (χ2n) is 4.97. The molecule has 0 aromatic heterocycles. The van der Waals surface area contributed by atoms with Crippen molar-refractivity contribution in [2.45, 2.75) is 12.8 Å². The molecule has 1 aromatic rings. The van der Waals surface area contributed by atoms with Crippen molar-refractivity contribution in [3.8, 4) is 5.75 Å². The third-order valence-electron chi connectivity index (χ3n) is 3.21. The van der Waals surface area contributed by atoms with Crippen molar-refractivity contribution >= 4 is 46.3 Å². The summed E-state index contributed by atoms with van der Waals surface area (Å²) in [6, 6.07) is 7.39. The highest BCUT2D eigenvalue weighted by Gasteiger charge is 2.31. The Morgan fingerprint density at radius 3 is 2.88 bits per heavy atom. The van der Waals surface area contributed by atoms with Gasteiger partial charge < -0.3 is 9.84 Å². The van der Waals surface area contributed by atoms with Crippen LogP contribution in [0.15, 0.2) is 41.8 Å². The number of rotatable bonds is 8. The highest BCUT2D eigenvalue weighted by molar-refractivity contribution is 8.26. The predicted octanol–water partition coefficient (Wildman–Crippen LogP) is 3.32. The monoisotopic (exact) mass is 363 g/mol. The Hall–Kier alpha value is -2.12. The first-order valence-corrected chi connectivity index (χ1v) is 8.55. The van der Waals surface area contributed by atoms with Crippen molar-refractivity contribution in [1.82, 2.24) is 4.90 Å². The van der Waals surface area contributed by atoms with Crippen LogP contribution in [-0.4, -0.2) is 39.4 Å². The van der Waals surface area contributed by atoms with E-state index in [-0.39, 0.29) is 12.3 Å². The zero-order chi connectivity index (χ0) is 17.5. The van der Waals surface area contributed by atoms with E-state index in [1.807, 2.05) is 24.3 Å². The van der Waals surface area contributed by atoms with Crippen molar-refractivity contribution < 1.29 is 19.4 Å². The summed E-state index contributed by atoms with van der Waals surface area (Å²) in [7, 11) is 0. The summed E-state index contributed by atoms with van der Waals surface area (Å²) in [5, 5.41) is 8.69. The standard InChI is InChI=1S/C17H17NO4S2/c1-2-10-22-13-7-4-3-6-12(13)11-14-16(21)18(17(23)24-14)9-5-8-15(19)20/h2-4,6-7,11H,1,5,8-10H2,(H,19,20)/b14-11+. The molecule has 2 rings (SSSR count). The average Bonchev–Trinajstić information content (AvgIpc) is 2.81. The zero-order valence-corrected chi connectivity index (χ0v) is 14.6. The summed E-state index contributed by atoms with van der Waals surface area (Å²) in [5.74, 6) is -0.424. The van der Waals surface area contributed by atoms with Gasteiger partial charge >= 0.3 is 5.97 Å². The van der Waals surface area contributed by atoms with Crippen molar-refractivity contribution in [3.05, 3.63) is 47.4 Å². The highest BCUT2D eigenvalue weighted by Crippen LogP contribution is 2.34. The number of hydrogen-bond donors (Lipinski definition) is 1. The number of thiocarbonyl (C=S) groups is 1. The molecule has 1 aliphatic heterocycles. The number of amides is 1. The molecule has 126 valence electrons. The van der Waals surface area contributed by atoms with E-state index in [0.29, 0.717) is 34.5 Å². The summed E-state index contributed by atoms with van der Waals surface area (Å²) < 4.78 is 6.03. The average molecular weight is 363 g/mol. The first-order chi connectivity index (χ1) is 11.5. The lowest BCUT2D eigenvalue weighted by Gasteiger charge is -2.13. The number of thioether (sulfide) groups is 1. The van der Waals surface area contributed by atoms with Crippen LogP contribution in [0.2, 0.25) is 0 Å². The lowest BCUT2D eigenvalue weighted by Crippen LogP contribution is -2.29. The number of ether oxygens (including phenoxy) is 1. The van der Waals surface area contributed by atoms with Gasteiger partial charge in [0.1, 0.15) is 16.7 Å². The molecule has 1 N–H and O–H groups in total. The summed E-state index contributed by atoms with van der Waals surface area (Å²) in [6.45, 7) is 4.30. The van der Waals surface area contributed by atoms with E-state index in [1.165, 1.54) is 16.7 Å². The molecule has 24 heavy (non-hydrogen) atoms. The molecule has 1 amide bonds. The number of para-hydroxylation sites is 1. The molecule has 0 spiro atoms. The van der Waals surface area contributed by atoms with Crippen LogP contribution < -0.4 is 4.74 Å².